The van der Waals surface area contributed by atoms with Gasteiger partial charge in [0.25, 0.3) is 0 Å². The van der Waals surface area contributed by atoms with E-state index in [1.807, 2.05) is 30.3 Å². The van der Waals surface area contributed by atoms with Gasteiger partial charge in [-0.15, -0.1) is 10.2 Å². The lowest BCUT2D eigenvalue weighted by Crippen LogP contribution is -2.43. The Balaban J connectivity index is 1.37. The number of methoxy groups -OCH3 is 2. The molecule has 2 aromatic carbocycles. The van der Waals surface area contributed by atoms with E-state index in [0.29, 0.717) is 24.6 Å². The number of aryl methyl sites for hydroxylation is 2. The Morgan fingerprint density at radius 1 is 1.00 bits per heavy atom. The van der Waals surface area contributed by atoms with Crippen molar-refractivity contribution in [3.05, 3.63) is 65.2 Å². The summed E-state index contributed by atoms with van der Waals surface area (Å²) in [5, 5.41) is 12.0. The van der Waals surface area contributed by atoms with Crippen LogP contribution in [0.5, 0.6) is 11.5 Å². The molecule has 1 aliphatic heterocycles. The molecule has 4 rings (SSSR count). The van der Waals surface area contributed by atoms with Gasteiger partial charge < -0.3 is 19.7 Å². The van der Waals surface area contributed by atoms with E-state index >= 15 is 0 Å². The van der Waals surface area contributed by atoms with Gasteiger partial charge in [0, 0.05) is 25.2 Å². The molecule has 0 saturated carbocycles. The van der Waals surface area contributed by atoms with Crippen molar-refractivity contribution in [2.75, 3.05) is 32.2 Å². The first-order valence-electron chi connectivity index (χ1n) is 11.6. The van der Waals surface area contributed by atoms with Gasteiger partial charge in [-0.1, -0.05) is 18.2 Å². The van der Waals surface area contributed by atoms with Crippen molar-refractivity contribution in [3.8, 4) is 22.8 Å². The fourth-order valence-electron chi connectivity index (χ4n) is 4.27. The first-order chi connectivity index (χ1) is 16.5. The van der Waals surface area contributed by atoms with Crippen molar-refractivity contribution < 1.29 is 14.3 Å². The number of benzene rings is 2. The second-order valence-electron chi connectivity index (χ2n) is 8.77. The van der Waals surface area contributed by atoms with Crippen LogP contribution in [0.15, 0.2) is 48.5 Å². The Morgan fingerprint density at radius 2 is 1.82 bits per heavy atom. The Bertz CT molecular complexity index is 1150. The number of anilines is 1. The fraction of sp³-hybridized carbons (Fsp3) is 0.370. The van der Waals surface area contributed by atoms with Crippen molar-refractivity contribution in [2.24, 2.45) is 5.92 Å². The number of ether oxygens (including phenoxy) is 2. The zero-order valence-electron chi connectivity index (χ0n) is 20.3. The van der Waals surface area contributed by atoms with Gasteiger partial charge in [0.15, 0.2) is 17.3 Å². The highest BCUT2D eigenvalue weighted by Gasteiger charge is 2.26. The van der Waals surface area contributed by atoms with Gasteiger partial charge in [-0.2, -0.15) is 0 Å². The summed E-state index contributed by atoms with van der Waals surface area (Å²) in [6, 6.07) is 16.0. The largest absolute Gasteiger partial charge is 0.493 e. The van der Waals surface area contributed by atoms with Gasteiger partial charge in [0.1, 0.15) is 0 Å². The van der Waals surface area contributed by atoms with Gasteiger partial charge in [-0.25, -0.2) is 0 Å². The van der Waals surface area contributed by atoms with Crippen LogP contribution < -0.4 is 19.7 Å². The summed E-state index contributed by atoms with van der Waals surface area (Å²) in [6.45, 7) is 6.15. The van der Waals surface area contributed by atoms with Crippen LogP contribution in [-0.4, -0.2) is 43.4 Å². The van der Waals surface area contributed by atoms with Crippen molar-refractivity contribution >= 4 is 11.7 Å². The van der Waals surface area contributed by atoms with Crippen LogP contribution in [0.3, 0.4) is 0 Å². The Labute approximate surface area is 201 Å². The molecule has 1 aromatic heterocycles. The normalized spacial score (nSPS) is 15.6. The van der Waals surface area contributed by atoms with E-state index in [9.17, 15) is 4.79 Å². The second kappa shape index (κ2) is 10.5. The molecular formula is C27H32N4O3. The van der Waals surface area contributed by atoms with Crippen LogP contribution in [0.4, 0.5) is 5.82 Å². The standard InChI is InChI=1S/C27H32N4O3/c1-18-7-9-21(14-19(18)2)23-10-12-26(30-29-23)31-13-5-6-22(17-31)27(32)28-16-20-8-11-24(33-3)25(15-20)34-4/h7-12,14-15,22H,5-6,13,16-17H2,1-4H3,(H,28,32)/t22-/m1/s1. The maximum Gasteiger partial charge on any atom is 0.225 e. The topological polar surface area (TPSA) is 76.6 Å². The molecule has 0 aliphatic carbocycles. The second-order valence-corrected chi connectivity index (χ2v) is 8.77. The molecule has 1 fully saturated rings. The van der Waals surface area contributed by atoms with Gasteiger partial charge in [-0.3, -0.25) is 4.79 Å². The molecule has 0 radical (unpaired) electrons. The van der Waals surface area contributed by atoms with Crippen LogP contribution in [0.1, 0.15) is 29.5 Å². The van der Waals surface area contributed by atoms with E-state index in [4.69, 9.17) is 9.47 Å². The van der Waals surface area contributed by atoms with Crippen molar-refractivity contribution in [3.63, 3.8) is 0 Å². The number of aromatic nitrogens is 2. The quantitative estimate of drug-likeness (QED) is 0.566. The third kappa shape index (κ3) is 5.30. The van der Waals surface area contributed by atoms with Crippen LogP contribution in [0, 0.1) is 19.8 Å². The number of nitrogens with zero attached hydrogens (tertiary/aromatic N) is 3. The molecule has 0 bridgehead atoms. The van der Waals surface area contributed by atoms with Gasteiger partial charge in [0.2, 0.25) is 5.91 Å². The average Bonchev–Trinajstić information content (AvgIpc) is 2.88. The number of carbonyl (C=O) groups is 1. The summed E-state index contributed by atoms with van der Waals surface area (Å²) < 4.78 is 10.6. The summed E-state index contributed by atoms with van der Waals surface area (Å²) in [4.78, 5) is 15.0. The molecule has 7 nitrogen and oxygen atoms in total. The highest BCUT2D eigenvalue weighted by atomic mass is 16.5. The summed E-state index contributed by atoms with van der Waals surface area (Å²) in [6.07, 6.45) is 1.80. The summed E-state index contributed by atoms with van der Waals surface area (Å²) >= 11 is 0. The minimum Gasteiger partial charge on any atom is -0.493 e. The van der Waals surface area contributed by atoms with Crippen molar-refractivity contribution in [2.45, 2.75) is 33.2 Å². The van der Waals surface area contributed by atoms with E-state index in [1.54, 1.807) is 14.2 Å². The fourth-order valence-corrected chi connectivity index (χ4v) is 4.27. The highest BCUT2D eigenvalue weighted by molar-refractivity contribution is 5.79. The number of rotatable bonds is 7. The molecule has 1 amide bonds. The summed E-state index contributed by atoms with van der Waals surface area (Å²) in [7, 11) is 3.21. The molecule has 7 heteroatoms. The molecule has 178 valence electrons. The minimum absolute atomic E-state index is 0.0548. The van der Waals surface area contributed by atoms with E-state index in [0.717, 1.165) is 42.0 Å². The van der Waals surface area contributed by atoms with Crippen LogP contribution >= 0.6 is 0 Å². The zero-order chi connectivity index (χ0) is 24.1. The van der Waals surface area contributed by atoms with Crippen LogP contribution in [0.25, 0.3) is 11.3 Å². The van der Waals surface area contributed by atoms with Gasteiger partial charge >= 0.3 is 0 Å². The Kier molecular flexibility index (Phi) is 7.30. The third-order valence-electron chi connectivity index (χ3n) is 6.48. The maximum atomic E-state index is 12.9. The summed E-state index contributed by atoms with van der Waals surface area (Å²) in [5.41, 5.74) is 5.38. The number of hydrogen-bond acceptors (Lipinski definition) is 6. The number of nitrogens with one attached hydrogen (secondary N) is 1. The smallest absolute Gasteiger partial charge is 0.225 e. The molecule has 34 heavy (non-hydrogen) atoms. The molecule has 0 spiro atoms. The van der Waals surface area contributed by atoms with Crippen LogP contribution in [0.2, 0.25) is 0 Å². The maximum absolute atomic E-state index is 12.9. The van der Waals surface area contributed by atoms with E-state index < -0.39 is 0 Å². The summed E-state index contributed by atoms with van der Waals surface area (Å²) in [5.74, 6) is 2.10. The lowest BCUT2D eigenvalue weighted by molar-refractivity contribution is -0.125. The third-order valence-corrected chi connectivity index (χ3v) is 6.48. The average molecular weight is 461 g/mol. The van der Waals surface area contributed by atoms with Gasteiger partial charge in [0.05, 0.1) is 25.8 Å². The Morgan fingerprint density at radius 3 is 2.53 bits per heavy atom. The lowest BCUT2D eigenvalue weighted by Gasteiger charge is -2.32. The van der Waals surface area contributed by atoms with Crippen molar-refractivity contribution in [1.82, 2.24) is 15.5 Å². The number of amides is 1. The van der Waals surface area contributed by atoms with E-state index in [1.165, 1.54) is 11.1 Å². The first-order valence-corrected chi connectivity index (χ1v) is 11.6. The molecule has 2 heterocycles. The zero-order valence-corrected chi connectivity index (χ0v) is 20.3. The molecule has 1 aliphatic rings. The number of hydrogen-bond donors (Lipinski definition) is 1. The van der Waals surface area contributed by atoms with Crippen molar-refractivity contribution in [1.29, 1.82) is 0 Å². The molecule has 1 N–H and O–H groups in total. The Hall–Kier alpha value is -3.61. The SMILES string of the molecule is COc1ccc(CNC(=O)[C@@H]2CCCN(c3ccc(-c4ccc(C)c(C)c4)nn3)C2)cc1OC. The van der Waals surface area contributed by atoms with Gasteiger partial charge in [-0.05, 0) is 73.7 Å². The molecule has 3 aromatic rings. The predicted molar refractivity (Wildman–Crippen MR) is 133 cm³/mol. The monoisotopic (exact) mass is 460 g/mol. The molecule has 1 saturated heterocycles. The lowest BCUT2D eigenvalue weighted by atomic mass is 9.97. The first kappa shape index (κ1) is 23.5. The minimum atomic E-state index is -0.0879. The molecule has 1 atom stereocenters. The number of piperidine rings is 1. The predicted octanol–water partition coefficient (Wildman–Crippen LogP) is 4.31. The number of carbonyl (C=O) groups excluding carboxylic acids is 1. The van der Waals surface area contributed by atoms with E-state index in [-0.39, 0.29) is 11.8 Å². The van der Waals surface area contributed by atoms with Crippen LogP contribution in [-0.2, 0) is 11.3 Å². The molecule has 0 unspecified atom stereocenters. The molecular weight excluding hydrogens is 428 g/mol. The highest BCUT2D eigenvalue weighted by Crippen LogP contribution is 2.28. The van der Waals surface area contributed by atoms with E-state index in [2.05, 4.69) is 52.5 Å².